The number of nitrogens with zero attached hydrogens (tertiary/aromatic N) is 3. The number of amides is 2. The fraction of sp³-hybridized carbons (Fsp3) is 0.0588. The van der Waals surface area contributed by atoms with Crippen molar-refractivity contribution in [1.29, 1.82) is 0 Å². The molecule has 0 aliphatic carbocycles. The van der Waals surface area contributed by atoms with Gasteiger partial charge in [0.2, 0.25) is 0 Å². The Hall–Kier alpha value is -3.19. The van der Waals surface area contributed by atoms with Gasteiger partial charge in [0, 0.05) is 12.7 Å². The Bertz CT molecular complexity index is 924. The van der Waals surface area contributed by atoms with Gasteiger partial charge in [-0.15, -0.1) is 5.10 Å². The van der Waals surface area contributed by atoms with E-state index in [0.29, 0.717) is 10.7 Å². The normalized spacial score (nSPS) is 10.3. The Kier molecular flexibility index (Phi) is 4.76. The first-order chi connectivity index (χ1) is 12.1. The molecule has 0 saturated heterocycles. The zero-order valence-corrected chi connectivity index (χ0v) is 14.0. The van der Waals surface area contributed by atoms with Gasteiger partial charge in [0.15, 0.2) is 5.69 Å². The molecule has 1 aromatic heterocycles. The predicted octanol–water partition coefficient (Wildman–Crippen LogP) is 2.53. The van der Waals surface area contributed by atoms with Gasteiger partial charge in [0.05, 0.1) is 22.5 Å². The van der Waals surface area contributed by atoms with Crippen molar-refractivity contribution in [2.75, 3.05) is 12.4 Å². The molecule has 3 rings (SSSR count). The monoisotopic (exact) mass is 355 g/mol. The second kappa shape index (κ2) is 7.14. The van der Waals surface area contributed by atoms with Gasteiger partial charge in [-0.05, 0) is 30.3 Å². The summed E-state index contributed by atoms with van der Waals surface area (Å²) < 4.78 is 1.51. The number of para-hydroxylation sites is 1. The number of carbonyl (C=O) groups is 2. The first kappa shape index (κ1) is 16.7. The minimum atomic E-state index is -0.438. The van der Waals surface area contributed by atoms with Crippen molar-refractivity contribution < 1.29 is 9.59 Å². The maximum absolute atomic E-state index is 12.3. The van der Waals surface area contributed by atoms with Crippen LogP contribution in [0.2, 0.25) is 5.02 Å². The Morgan fingerprint density at radius 1 is 1.08 bits per heavy atom. The van der Waals surface area contributed by atoms with Crippen LogP contribution in [0.1, 0.15) is 20.8 Å². The molecule has 2 N–H and O–H groups in total. The van der Waals surface area contributed by atoms with Gasteiger partial charge in [-0.1, -0.05) is 35.0 Å². The second-order valence-corrected chi connectivity index (χ2v) is 5.52. The van der Waals surface area contributed by atoms with E-state index >= 15 is 0 Å². The number of rotatable bonds is 4. The highest BCUT2D eigenvalue weighted by Crippen LogP contribution is 2.21. The average molecular weight is 356 g/mol. The van der Waals surface area contributed by atoms with E-state index in [1.807, 2.05) is 30.3 Å². The van der Waals surface area contributed by atoms with Crippen molar-refractivity contribution in [3.05, 3.63) is 71.0 Å². The van der Waals surface area contributed by atoms with Gasteiger partial charge in [-0.3, -0.25) is 9.59 Å². The van der Waals surface area contributed by atoms with Crippen molar-refractivity contribution in [2.24, 2.45) is 0 Å². The van der Waals surface area contributed by atoms with Crippen LogP contribution in [0.4, 0.5) is 5.69 Å². The van der Waals surface area contributed by atoms with E-state index in [2.05, 4.69) is 20.9 Å². The maximum Gasteiger partial charge on any atom is 0.277 e. The van der Waals surface area contributed by atoms with Crippen LogP contribution < -0.4 is 10.6 Å². The molecule has 0 spiro atoms. The molecule has 25 heavy (non-hydrogen) atoms. The molecule has 0 unspecified atom stereocenters. The molecule has 2 amide bonds. The van der Waals surface area contributed by atoms with Crippen molar-refractivity contribution in [3.8, 4) is 5.69 Å². The number of nitrogens with one attached hydrogen (secondary N) is 2. The average Bonchev–Trinajstić information content (AvgIpc) is 3.14. The number of hydrogen-bond acceptors (Lipinski definition) is 4. The van der Waals surface area contributed by atoms with Crippen LogP contribution in [-0.4, -0.2) is 33.9 Å². The lowest BCUT2D eigenvalue weighted by molar-refractivity contribution is 0.0961. The lowest BCUT2D eigenvalue weighted by atomic mass is 10.2. The van der Waals surface area contributed by atoms with Gasteiger partial charge in [-0.25, -0.2) is 4.68 Å². The van der Waals surface area contributed by atoms with Crippen LogP contribution in [0.15, 0.2) is 54.7 Å². The number of hydrogen-bond donors (Lipinski definition) is 2. The van der Waals surface area contributed by atoms with Gasteiger partial charge in [0.25, 0.3) is 11.8 Å². The van der Waals surface area contributed by atoms with E-state index in [1.165, 1.54) is 24.0 Å². The molecular weight excluding hydrogens is 342 g/mol. The summed E-state index contributed by atoms with van der Waals surface area (Å²) in [5, 5.41) is 13.3. The molecule has 0 bridgehead atoms. The number of carbonyl (C=O) groups excluding carboxylic acids is 2. The topological polar surface area (TPSA) is 88.9 Å². The molecule has 0 atom stereocenters. The first-order valence-corrected chi connectivity index (χ1v) is 7.77. The van der Waals surface area contributed by atoms with Gasteiger partial charge >= 0.3 is 0 Å². The number of aromatic nitrogens is 3. The summed E-state index contributed by atoms with van der Waals surface area (Å²) in [4.78, 5) is 24.1. The molecule has 0 radical (unpaired) electrons. The van der Waals surface area contributed by atoms with Crippen molar-refractivity contribution >= 4 is 29.1 Å². The smallest absolute Gasteiger partial charge is 0.277 e. The third-order valence-electron chi connectivity index (χ3n) is 3.44. The minimum Gasteiger partial charge on any atom is -0.355 e. The SMILES string of the molecule is CNC(=O)c1cc(NC(=O)c2cn(-c3ccccc3)nn2)ccc1Cl. The van der Waals surface area contributed by atoms with E-state index in [-0.39, 0.29) is 17.2 Å². The number of benzene rings is 2. The van der Waals surface area contributed by atoms with Gasteiger partial charge in [0.1, 0.15) is 0 Å². The highest BCUT2D eigenvalue weighted by Gasteiger charge is 2.14. The summed E-state index contributed by atoms with van der Waals surface area (Å²) in [6.07, 6.45) is 1.53. The van der Waals surface area contributed by atoms with Gasteiger partial charge < -0.3 is 10.6 Å². The lowest BCUT2D eigenvalue weighted by Crippen LogP contribution is -2.19. The molecule has 3 aromatic rings. The third-order valence-corrected chi connectivity index (χ3v) is 3.77. The molecule has 1 heterocycles. The fourth-order valence-electron chi connectivity index (χ4n) is 2.18. The fourth-order valence-corrected chi connectivity index (χ4v) is 2.38. The van der Waals surface area contributed by atoms with Crippen LogP contribution in [0, 0.1) is 0 Å². The molecule has 0 aliphatic rings. The Morgan fingerprint density at radius 2 is 1.84 bits per heavy atom. The third kappa shape index (κ3) is 3.67. The summed E-state index contributed by atoms with van der Waals surface area (Å²) in [7, 11) is 1.51. The summed E-state index contributed by atoms with van der Waals surface area (Å²) >= 11 is 6.00. The standard InChI is InChI=1S/C17H14ClN5O2/c1-19-16(24)13-9-11(7-8-14(13)18)20-17(25)15-10-23(22-21-15)12-5-3-2-4-6-12/h2-10H,1H3,(H,19,24)(H,20,25). The highest BCUT2D eigenvalue weighted by molar-refractivity contribution is 6.34. The zero-order chi connectivity index (χ0) is 17.8. The van der Waals surface area contributed by atoms with Crippen molar-refractivity contribution in [3.63, 3.8) is 0 Å². The van der Waals surface area contributed by atoms with Gasteiger partial charge in [-0.2, -0.15) is 0 Å². The second-order valence-electron chi connectivity index (χ2n) is 5.11. The Morgan fingerprint density at radius 3 is 2.56 bits per heavy atom. The molecule has 0 fully saturated rings. The molecule has 0 saturated carbocycles. The minimum absolute atomic E-state index is 0.153. The van der Waals surface area contributed by atoms with Crippen molar-refractivity contribution in [2.45, 2.75) is 0 Å². The van der Waals surface area contributed by atoms with E-state index < -0.39 is 5.91 Å². The molecule has 0 aliphatic heterocycles. The molecule has 7 nitrogen and oxygen atoms in total. The summed E-state index contributed by atoms with van der Waals surface area (Å²) in [5.74, 6) is -0.775. The van der Waals surface area contributed by atoms with Crippen LogP contribution in [0.3, 0.4) is 0 Å². The number of halogens is 1. The molecule has 2 aromatic carbocycles. The Balaban J connectivity index is 1.79. The summed E-state index contributed by atoms with van der Waals surface area (Å²) in [6, 6.07) is 14.0. The van der Waals surface area contributed by atoms with Crippen LogP contribution in [0.5, 0.6) is 0 Å². The van der Waals surface area contributed by atoms with E-state index in [1.54, 1.807) is 12.1 Å². The zero-order valence-electron chi connectivity index (χ0n) is 13.2. The van der Waals surface area contributed by atoms with E-state index in [0.717, 1.165) is 5.69 Å². The quantitative estimate of drug-likeness (QED) is 0.752. The number of anilines is 1. The summed E-state index contributed by atoms with van der Waals surface area (Å²) in [5.41, 5.74) is 1.65. The van der Waals surface area contributed by atoms with Crippen LogP contribution in [0.25, 0.3) is 5.69 Å². The predicted molar refractivity (Wildman–Crippen MR) is 94.2 cm³/mol. The molecule has 126 valence electrons. The van der Waals surface area contributed by atoms with Crippen LogP contribution in [-0.2, 0) is 0 Å². The van der Waals surface area contributed by atoms with E-state index in [4.69, 9.17) is 11.6 Å². The van der Waals surface area contributed by atoms with Crippen LogP contribution >= 0.6 is 11.6 Å². The molecule has 8 heteroatoms. The van der Waals surface area contributed by atoms with Crippen molar-refractivity contribution in [1.82, 2.24) is 20.3 Å². The highest BCUT2D eigenvalue weighted by atomic mass is 35.5. The maximum atomic E-state index is 12.3. The first-order valence-electron chi connectivity index (χ1n) is 7.39. The summed E-state index contributed by atoms with van der Waals surface area (Å²) in [6.45, 7) is 0. The molecular formula is C17H14ClN5O2. The lowest BCUT2D eigenvalue weighted by Gasteiger charge is -2.07. The van der Waals surface area contributed by atoms with E-state index in [9.17, 15) is 9.59 Å². The Labute approximate surface area is 148 Å². The largest absolute Gasteiger partial charge is 0.355 e.